The lowest BCUT2D eigenvalue weighted by molar-refractivity contribution is -0.385. The van der Waals surface area contributed by atoms with Gasteiger partial charge in [-0.05, 0) is 12.8 Å². The molecule has 1 aromatic heterocycles. The van der Waals surface area contributed by atoms with Crippen LogP contribution in [0.5, 0.6) is 0 Å². The van der Waals surface area contributed by atoms with Crippen molar-refractivity contribution in [3.63, 3.8) is 0 Å². The number of nitrogens with zero attached hydrogens (tertiary/aromatic N) is 3. The van der Waals surface area contributed by atoms with E-state index in [4.69, 9.17) is 0 Å². The van der Waals surface area contributed by atoms with Crippen molar-refractivity contribution in [1.29, 1.82) is 0 Å². The number of rotatable bonds is 9. The molecule has 2 N–H and O–H groups in total. The molecule has 1 heterocycles. The summed E-state index contributed by atoms with van der Waals surface area (Å²) in [4.78, 5) is 10.0. The third-order valence-electron chi connectivity index (χ3n) is 3.66. The summed E-state index contributed by atoms with van der Waals surface area (Å²) in [5.41, 5.74) is -0.0597. The molecule has 0 aromatic carbocycles. The highest BCUT2D eigenvalue weighted by Gasteiger charge is 2.16. The topological polar surface area (TPSA) is 93.2 Å². The first-order valence-electron chi connectivity index (χ1n) is 7.06. The lowest BCUT2D eigenvalue weighted by Crippen LogP contribution is -2.39. The van der Waals surface area contributed by atoms with Crippen LogP contribution in [-0.4, -0.2) is 38.5 Å². The Kier molecular flexibility index (Phi) is 6.60. The monoisotopic (exact) mass is 284 g/mol. The first-order chi connectivity index (χ1) is 9.47. The highest BCUT2D eigenvalue weighted by atomic mass is 16.6. The molecule has 0 aliphatic carbocycles. The minimum atomic E-state index is -0.619. The first-order valence-corrected chi connectivity index (χ1v) is 7.06. The number of aromatic nitrogens is 2. The van der Waals surface area contributed by atoms with E-state index in [0.717, 1.165) is 12.8 Å². The van der Waals surface area contributed by atoms with Crippen molar-refractivity contribution in [2.24, 2.45) is 5.92 Å². The van der Waals surface area contributed by atoms with Crippen molar-refractivity contribution >= 4 is 5.69 Å². The average molecular weight is 284 g/mol. The van der Waals surface area contributed by atoms with E-state index in [2.05, 4.69) is 31.2 Å². The number of hydrogen-bond donors (Lipinski definition) is 2. The van der Waals surface area contributed by atoms with Crippen LogP contribution < -0.4 is 5.32 Å². The second kappa shape index (κ2) is 7.96. The van der Waals surface area contributed by atoms with Crippen molar-refractivity contribution in [2.75, 3.05) is 6.54 Å². The molecule has 0 saturated carbocycles. The Labute approximate surface area is 119 Å². The molecule has 0 spiro atoms. The summed E-state index contributed by atoms with van der Waals surface area (Å²) in [6.07, 6.45) is 4.10. The first kappa shape index (κ1) is 16.6. The predicted molar refractivity (Wildman–Crippen MR) is 76.4 cm³/mol. The van der Waals surface area contributed by atoms with Gasteiger partial charge in [0.1, 0.15) is 12.4 Å². The molecule has 0 amide bonds. The standard InChI is InChI=1S/C13H24N4O3/c1-4-11(5-2)10(3)14-7-13(18)9-16-8-12(6-15-16)17(19)20/h6,8,10-11,13-14,18H,4-5,7,9H2,1-3H3. The second-order valence-corrected chi connectivity index (χ2v) is 5.11. The average Bonchev–Trinajstić information content (AvgIpc) is 2.86. The van der Waals surface area contributed by atoms with Crippen LogP contribution in [-0.2, 0) is 6.54 Å². The molecule has 2 atom stereocenters. The third-order valence-corrected chi connectivity index (χ3v) is 3.66. The van der Waals surface area contributed by atoms with Crippen LogP contribution in [0.4, 0.5) is 5.69 Å². The van der Waals surface area contributed by atoms with Crippen molar-refractivity contribution < 1.29 is 10.0 Å². The van der Waals surface area contributed by atoms with Gasteiger partial charge in [-0.1, -0.05) is 26.7 Å². The molecule has 0 saturated heterocycles. The van der Waals surface area contributed by atoms with Gasteiger partial charge in [0.15, 0.2) is 0 Å². The van der Waals surface area contributed by atoms with Gasteiger partial charge in [0.2, 0.25) is 0 Å². The van der Waals surface area contributed by atoms with Crippen molar-refractivity contribution in [2.45, 2.75) is 52.3 Å². The van der Waals surface area contributed by atoms with E-state index in [0.29, 0.717) is 18.5 Å². The molecule has 20 heavy (non-hydrogen) atoms. The van der Waals surface area contributed by atoms with E-state index < -0.39 is 11.0 Å². The lowest BCUT2D eigenvalue weighted by Gasteiger charge is -2.24. The van der Waals surface area contributed by atoms with Crippen LogP contribution in [0, 0.1) is 16.0 Å². The summed E-state index contributed by atoms with van der Waals surface area (Å²) in [6.45, 7) is 7.13. The van der Waals surface area contributed by atoms with Gasteiger partial charge in [0.05, 0.1) is 17.6 Å². The molecule has 2 unspecified atom stereocenters. The third kappa shape index (κ3) is 4.90. The number of nitrogens with one attached hydrogen (secondary N) is 1. The van der Waals surface area contributed by atoms with Crippen LogP contribution in [0.15, 0.2) is 12.4 Å². The molecule has 7 nitrogen and oxygen atoms in total. The van der Waals surface area contributed by atoms with Crippen LogP contribution in [0.25, 0.3) is 0 Å². The van der Waals surface area contributed by atoms with Crippen molar-refractivity contribution in [3.8, 4) is 0 Å². The maximum absolute atomic E-state index is 10.5. The van der Waals surface area contributed by atoms with Gasteiger partial charge in [-0.3, -0.25) is 14.8 Å². The molecule has 0 aliphatic heterocycles. The minimum absolute atomic E-state index is 0.0597. The van der Waals surface area contributed by atoms with Gasteiger partial charge < -0.3 is 10.4 Å². The van der Waals surface area contributed by atoms with Crippen LogP contribution in [0.3, 0.4) is 0 Å². The Hall–Kier alpha value is -1.47. The molecule has 7 heteroatoms. The smallest absolute Gasteiger partial charge is 0.306 e. The Balaban J connectivity index is 2.39. The number of aliphatic hydroxyl groups excluding tert-OH is 1. The molecule has 0 radical (unpaired) electrons. The number of aliphatic hydroxyl groups is 1. The van der Waals surface area contributed by atoms with Crippen LogP contribution >= 0.6 is 0 Å². The Morgan fingerprint density at radius 1 is 1.50 bits per heavy atom. The highest BCUT2D eigenvalue weighted by molar-refractivity contribution is 5.20. The maximum Gasteiger partial charge on any atom is 0.306 e. The van der Waals surface area contributed by atoms with E-state index in [1.54, 1.807) is 0 Å². The quantitative estimate of drug-likeness (QED) is 0.530. The predicted octanol–water partition coefficient (Wildman–Crippen LogP) is 1.57. The Morgan fingerprint density at radius 3 is 2.65 bits per heavy atom. The Morgan fingerprint density at radius 2 is 2.15 bits per heavy atom. The van der Waals surface area contributed by atoms with Crippen molar-refractivity contribution in [3.05, 3.63) is 22.5 Å². The van der Waals surface area contributed by atoms with E-state index in [1.807, 2.05) is 0 Å². The normalized spacial score (nSPS) is 14.4. The zero-order valence-corrected chi connectivity index (χ0v) is 12.3. The summed E-state index contributed by atoms with van der Waals surface area (Å²) in [5.74, 6) is 0.591. The summed E-state index contributed by atoms with van der Waals surface area (Å²) in [7, 11) is 0. The van der Waals surface area contributed by atoms with Crippen LogP contribution in [0.2, 0.25) is 0 Å². The van der Waals surface area contributed by atoms with E-state index in [1.165, 1.54) is 17.1 Å². The van der Waals surface area contributed by atoms with Crippen molar-refractivity contribution in [1.82, 2.24) is 15.1 Å². The van der Waals surface area contributed by atoms with Gasteiger partial charge in [0, 0.05) is 12.6 Å². The molecular weight excluding hydrogens is 260 g/mol. The lowest BCUT2D eigenvalue weighted by atomic mass is 9.95. The molecule has 1 aromatic rings. The van der Waals surface area contributed by atoms with E-state index in [9.17, 15) is 15.2 Å². The molecule has 0 aliphatic rings. The van der Waals surface area contributed by atoms with Gasteiger partial charge in [-0.15, -0.1) is 0 Å². The molecule has 1 rings (SSSR count). The number of hydrogen-bond acceptors (Lipinski definition) is 5. The fourth-order valence-electron chi connectivity index (χ4n) is 2.31. The molecular formula is C13H24N4O3. The SMILES string of the molecule is CCC(CC)C(C)NCC(O)Cn1cc([N+](=O)[O-])cn1. The summed E-state index contributed by atoms with van der Waals surface area (Å²) in [5, 5.41) is 27.6. The molecule has 0 bridgehead atoms. The fourth-order valence-corrected chi connectivity index (χ4v) is 2.31. The highest BCUT2D eigenvalue weighted by Crippen LogP contribution is 2.12. The van der Waals surface area contributed by atoms with E-state index >= 15 is 0 Å². The summed E-state index contributed by atoms with van der Waals surface area (Å²) >= 11 is 0. The van der Waals surface area contributed by atoms with Gasteiger partial charge in [0.25, 0.3) is 0 Å². The Bertz CT molecular complexity index is 418. The number of nitro groups is 1. The largest absolute Gasteiger partial charge is 0.390 e. The van der Waals surface area contributed by atoms with Gasteiger partial charge in [-0.2, -0.15) is 5.10 Å². The molecule has 114 valence electrons. The maximum atomic E-state index is 10.5. The van der Waals surface area contributed by atoms with Crippen LogP contribution in [0.1, 0.15) is 33.6 Å². The summed E-state index contributed by atoms with van der Waals surface area (Å²) < 4.78 is 1.40. The van der Waals surface area contributed by atoms with Gasteiger partial charge >= 0.3 is 5.69 Å². The van der Waals surface area contributed by atoms with Gasteiger partial charge in [-0.25, -0.2) is 0 Å². The minimum Gasteiger partial charge on any atom is -0.390 e. The van der Waals surface area contributed by atoms with E-state index in [-0.39, 0.29) is 12.2 Å². The molecule has 0 fully saturated rings. The summed E-state index contributed by atoms with van der Waals surface area (Å²) in [6, 6.07) is 0.339. The fraction of sp³-hybridized carbons (Fsp3) is 0.769. The zero-order valence-electron chi connectivity index (χ0n) is 12.3. The zero-order chi connectivity index (χ0) is 15.1. The second-order valence-electron chi connectivity index (χ2n) is 5.11.